The maximum absolute atomic E-state index is 11.7. The van der Waals surface area contributed by atoms with Crippen LogP contribution in [0.5, 0.6) is 0 Å². The zero-order valence-electron chi connectivity index (χ0n) is 13.2. The SMILES string of the molecule is CCN(CC)C(=O)COC(=O)Cc1ccc(NC(C)=O)cc1. The number of anilines is 1. The maximum Gasteiger partial charge on any atom is 0.310 e. The number of likely N-dealkylation sites (N-methyl/N-ethyl adjacent to an activating group) is 1. The normalized spacial score (nSPS) is 9.95. The van der Waals surface area contributed by atoms with Gasteiger partial charge in [-0.15, -0.1) is 0 Å². The van der Waals surface area contributed by atoms with E-state index >= 15 is 0 Å². The molecule has 120 valence electrons. The van der Waals surface area contributed by atoms with Crippen LogP contribution in [0.25, 0.3) is 0 Å². The van der Waals surface area contributed by atoms with Crippen molar-refractivity contribution in [1.82, 2.24) is 4.90 Å². The van der Waals surface area contributed by atoms with Gasteiger partial charge in [-0.3, -0.25) is 14.4 Å². The van der Waals surface area contributed by atoms with Gasteiger partial charge in [-0.25, -0.2) is 0 Å². The first-order chi connectivity index (χ1) is 10.5. The third-order valence-corrected chi connectivity index (χ3v) is 3.10. The van der Waals surface area contributed by atoms with E-state index in [9.17, 15) is 14.4 Å². The van der Waals surface area contributed by atoms with Crippen molar-refractivity contribution in [1.29, 1.82) is 0 Å². The summed E-state index contributed by atoms with van der Waals surface area (Å²) in [7, 11) is 0. The van der Waals surface area contributed by atoms with Crippen LogP contribution in [-0.4, -0.2) is 42.4 Å². The van der Waals surface area contributed by atoms with Gasteiger partial charge in [0.2, 0.25) is 5.91 Å². The fourth-order valence-electron chi connectivity index (χ4n) is 1.94. The van der Waals surface area contributed by atoms with Gasteiger partial charge in [-0.2, -0.15) is 0 Å². The van der Waals surface area contributed by atoms with Crippen molar-refractivity contribution in [3.8, 4) is 0 Å². The number of rotatable bonds is 7. The fourth-order valence-corrected chi connectivity index (χ4v) is 1.94. The van der Waals surface area contributed by atoms with Crippen LogP contribution in [0.4, 0.5) is 5.69 Å². The molecule has 0 atom stereocenters. The standard InChI is InChI=1S/C16H22N2O4/c1-4-18(5-2)15(20)11-22-16(21)10-13-6-8-14(9-7-13)17-12(3)19/h6-9H,4-5,10-11H2,1-3H3,(H,17,19). The summed E-state index contributed by atoms with van der Waals surface area (Å²) in [5.41, 5.74) is 1.43. The van der Waals surface area contributed by atoms with Crippen molar-refractivity contribution in [2.75, 3.05) is 25.0 Å². The average molecular weight is 306 g/mol. The van der Waals surface area contributed by atoms with Crippen molar-refractivity contribution in [2.24, 2.45) is 0 Å². The minimum atomic E-state index is -0.451. The number of amides is 2. The lowest BCUT2D eigenvalue weighted by Crippen LogP contribution is -2.34. The van der Waals surface area contributed by atoms with Crippen LogP contribution < -0.4 is 5.32 Å². The number of carbonyl (C=O) groups is 3. The van der Waals surface area contributed by atoms with Crippen LogP contribution in [0.15, 0.2) is 24.3 Å². The molecule has 1 aromatic rings. The number of hydrogen-bond donors (Lipinski definition) is 1. The minimum Gasteiger partial charge on any atom is -0.455 e. The Bertz CT molecular complexity index is 521. The van der Waals surface area contributed by atoms with Crippen molar-refractivity contribution in [2.45, 2.75) is 27.2 Å². The molecule has 22 heavy (non-hydrogen) atoms. The van der Waals surface area contributed by atoms with E-state index in [0.29, 0.717) is 18.8 Å². The first-order valence-electron chi connectivity index (χ1n) is 7.26. The third kappa shape index (κ3) is 5.95. The zero-order valence-corrected chi connectivity index (χ0v) is 13.2. The predicted molar refractivity (Wildman–Crippen MR) is 83.3 cm³/mol. The molecule has 2 amide bonds. The monoisotopic (exact) mass is 306 g/mol. The van der Waals surface area contributed by atoms with Gasteiger partial charge in [-0.05, 0) is 31.5 Å². The second-order valence-corrected chi connectivity index (χ2v) is 4.78. The van der Waals surface area contributed by atoms with Crippen LogP contribution in [0.3, 0.4) is 0 Å². The minimum absolute atomic E-state index is 0.0892. The predicted octanol–water partition coefficient (Wildman–Crippen LogP) is 1.60. The number of hydrogen-bond acceptors (Lipinski definition) is 4. The molecule has 0 spiro atoms. The molecule has 0 aliphatic rings. The summed E-state index contributed by atoms with van der Waals surface area (Å²) >= 11 is 0. The number of nitrogens with one attached hydrogen (secondary N) is 1. The number of carbonyl (C=O) groups excluding carboxylic acids is 3. The molecule has 0 saturated carbocycles. The zero-order chi connectivity index (χ0) is 16.5. The first kappa shape index (κ1) is 17.7. The maximum atomic E-state index is 11.7. The first-order valence-corrected chi connectivity index (χ1v) is 7.26. The van der Waals surface area contributed by atoms with Crippen molar-refractivity contribution in [3.05, 3.63) is 29.8 Å². The number of benzene rings is 1. The summed E-state index contributed by atoms with van der Waals surface area (Å²) in [6.45, 7) is 6.14. The molecule has 0 aromatic heterocycles. The van der Waals surface area contributed by atoms with Gasteiger partial charge in [0.15, 0.2) is 6.61 Å². The lowest BCUT2D eigenvalue weighted by atomic mass is 10.1. The van der Waals surface area contributed by atoms with E-state index in [0.717, 1.165) is 5.56 Å². The highest BCUT2D eigenvalue weighted by molar-refractivity contribution is 5.88. The Labute approximate surface area is 130 Å². The molecule has 1 aromatic carbocycles. The lowest BCUT2D eigenvalue weighted by molar-refractivity contribution is -0.151. The Morgan fingerprint density at radius 1 is 1.09 bits per heavy atom. The number of esters is 1. The van der Waals surface area contributed by atoms with Crippen LogP contribution in [0.1, 0.15) is 26.3 Å². The largest absolute Gasteiger partial charge is 0.455 e. The Kier molecular flexibility index (Phi) is 7.08. The van der Waals surface area contributed by atoms with Crippen molar-refractivity contribution < 1.29 is 19.1 Å². The molecular weight excluding hydrogens is 284 g/mol. The summed E-state index contributed by atoms with van der Waals surface area (Å²) in [6, 6.07) is 6.90. The van der Waals surface area contributed by atoms with E-state index in [1.807, 2.05) is 13.8 Å². The van der Waals surface area contributed by atoms with E-state index in [1.54, 1.807) is 29.2 Å². The molecule has 1 N–H and O–H groups in total. The van der Waals surface area contributed by atoms with E-state index in [4.69, 9.17) is 4.74 Å². The second-order valence-electron chi connectivity index (χ2n) is 4.78. The van der Waals surface area contributed by atoms with Gasteiger partial charge in [0.05, 0.1) is 6.42 Å². The Morgan fingerprint density at radius 2 is 1.68 bits per heavy atom. The summed E-state index contributed by atoms with van der Waals surface area (Å²) in [5, 5.41) is 2.65. The van der Waals surface area contributed by atoms with Gasteiger partial charge in [0.1, 0.15) is 0 Å². The molecule has 0 unspecified atom stereocenters. The molecule has 0 heterocycles. The van der Waals surface area contributed by atoms with E-state index in [2.05, 4.69) is 5.32 Å². The highest BCUT2D eigenvalue weighted by Gasteiger charge is 2.13. The summed E-state index contributed by atoms with van der Waals surface area (Å²) < 4.78 is 4.99. The summed E-state index contributed by atoms with van der Waals surface area (Å²) in [6.07, 6.45) is 0.0892. The van der Waals surface area contributed by atoms with Crippen molar-refractivity contribution in [3.63, 3.8) is 0 Å². The van der Waals surface area contributed by atoms with Gasteiger partial charge >= 0.3 is 5.97 Å². The molecular formula is C16H22N2O4. The van der Waals surface area contributed by atoms with Crippen molar-refractivity contribution >= 4 is 23.5 Å². The Balaban J connectivity index is 2.45. The number of nitrogens with zero attached hydrogens (tertiary/aromatic N) is 1. The molecule has 6 heteroatoms. The lowest BCUT2D eigenvalue weighted by Gasteiger charge is -2.18. The second kappa shape index (κ2) is 8.81. The average Bonchev–Trinajstić information content (AvgIpc) is 2.48. The molecule has 0 aliphatic heterocycles. The van der Waals surface area contributed by atoms with Crippen LogP contribution in [-0.2, 0) is 25.5 Å². The van der Waals surface area contributed by atoms with E-state index < -0.39 is 5.97 Å². The summed E-state index contributed by atoms with van der Waals surface area (Å²) in [4.78, 5) is 35.9. The van der Waals surface area contributed by atoms with Gasteiger partial charge in [0.25, 0.3) is 5.91 Å². The van der Waals surface area contributed by atoms with E-state index in [-0.39, 0.29) is 24.8 Å². The molecule has 0 radical (unpaired) electrons. The topological polar surface area (TPSA) is 75.7 Å². The molecule has 1 rings (SSSR count). The van der Waals surface area contributed by atoms with Crippen LogP contribution >= 0.6 is 0 Å². The molecule has 0 bridgehead atoms. The van der Waals surface area contributed by atoms with E-state index in [1.165, 1.54) is 6.92 Å². The fraction of sp³-hybridized carbons (Fsp3) is 0.438. The number of ether oxygens (including phenoxy) is 1. The smallest absolute Gasteiger partial charge is 0.310 e. The van der Waals surface area contributed by atoms with Gasteiger partial charge in [-0.1, -0.05) is 12.1 Å². The molecule has 0 fully saturated rings. The molecule has 0 aliphatic carbocycles. The third-order valence-electron chi connectivity index (χ3n) is 3.10. The van der Waals surface area contributed by atoms with Gasteiger partial charge in [0, 0.05) is 25.7 Å². The molecule has 0 saturated heterocycles. The highest BCUT2D eigenvalue weighted by Crippen LogP contribution is 2.10. The van der Waals surface area contributed by atoms with Crippen LogP contribution in [0.2, 0.25) is 0 Å². The highest BCUT2D eigenvalue weighted by atomic mass is 16.5. The van der Waals surface area contributed by atoms with Crippen LogP contribution in [0, 0.1) is 0 Å². The van der Waals surface area contributed by atoms with Gasteiger partial charge < -0.3 is 15.0 Å². The summed E-state index contributed by atoms with van der Waals surface area (Å²) in [5.74, 6) is -0.797. The quantitative estimate of drug-likeness (QED) is 0.776. The Morgan fingerprint density at radius 3 is 2.18 bits per heavy atom. The Hall–Kier alpha value is -2.37. The molecule has 6 nitrogen and oxygen atoms in total.